The number of carbonyl (C=O) groups is 1. The summed E-state index contributed by atoms with van der Waals surface area (Å²) in [5.74, 6) is -0.340. The van der Waals surface area contributed by atoms with Gasteiger partial charge in [-0.1, -0.05) is 11.6 Å². The predicted octanol–water partition coefficient (Wildman–Crippen LogP) is 1.70. The number of fused-ring (bicyclic) bond motifs is 1. The summed E-state index contributed by atoms with van der Waals surface area (Å²) in [6.07, 6.45) is -0.113. The number of primary amides is 1. The van der Waals surface area contributed by atoms with E-state index in [1.807, 2.05) is 32.9 Å². The molecule has 1 aromatic rings. The van der Waals surface area contributed by atoms with Crippen LogP contribution in [0.4, 0.5) is 0 Å². The van der Waals surface area contributed by atoms with Crippen LogP contribution in [-0.4, -0.2) is 16.2 Å². The SMILES string of the molecule is Cc1ccc2c(c1)C(OC(C)C)=C(C(N)=O)S2=O. The monoisotopic (exact) mass is 265 g/mol. The van der Waals surface area contributed by atoms with E-state index in [0.717, 1.165) is 5.56 Å². The van der Waals surface area contributed by atoms with E-state index in [2.05, 4.69) is 0 Å². The second-order valence-electron chi connectivity index (χ2n) is 4.46. The van der Waals surface area contributed by atoms with Crippen molar-refractivity contribution >= 4 is 22.5 Å². The minimum Gasteiger partial charge on any atom is -0.489 e. The first-order valence-electron chi connectivity index (χ1n) is 5.65. The highest BCUT2D eigenvalue weighted by molar-refractivity contribution is 7.90. The molecule has 5 heteroatoms. The van der Waals surface area contributed by atoms with Gasteiger partial charge in [0.1, 0.15) is 5.76 Å². The first-order valence-corrected chi connectivity index (χ1v) is 6.80. The molecule has 0 fully saturated rings. The fourth-order valence-electron chi connectivity index (χ4n) is 1.86. The molecule has 18 heavy (non-hydrogen) atoms. The molecule has 0 aliphatic carbocycles. The van der Waals surface area contributed by atoms with Gasteiger partial charge in [0.2, 0.25) is 0 Å². The Balaban J connectivity index is 2.64. The molecule has 96 valence electrons. The van der Waals surface area contributed by atoms with Crippen LogP contribution in [0.5, 0.6) is 0 Å². The van der Waals surface area contributed by atoms with Gasteiger partial charge in [-0.2, -0.15) is 0 Å². The maximum atomic E-state index is 12.2. The Labute approximate surface area is 108 Å². The third-order valence-electron chi connectivity index (χ3n) is 2.55. The summed E-state index contributed by atoms with van der Waals surface area (Å²) in [6, 6.07) is 5.47. The minimum absolute atomic E-state index is 0.0595. The lowest BCUT2D eigenvalue weighted by atomic mass is 10.1. The molecule has 2 N–H and O–H groups in total. The van der Waals surface area contributed by atoms with E-state index in [-0.39, 0.29) is 11.0 Å². The lowest BCUT2D eigenvalue weighted by Crippen LogP contribution is -2.17. The number of rotatable bonds is 3. The summed E-state index contributed by atoms with van der Waals surface area (Å²) >= 11 is 0. The van der Waals surface area contributed by atoms with E-state index < -0.39 is 16.7 Å². The van der Waals surface area contributed by atoms with E-state index in [1.165, 1.54) is 0 Å². The Morgan fingerprint density at radius 3 is 2.61 bits per heavy atom. The number of hydrogen-bond donors (Lipinski definition) is 1. The Morgan fingerprint density at radius 2 is 2.06 bits per heavy atom. The third-order valence-corrected chi connectivity index (χ3v) is 4.06. The number of ether oxygens (including phenoxy) is 1. The zero-order valence-electron chi connectivity index (χ0n) is 10.5. The summed E-state index contributed by atoms with van der Waals surface area (Å²) in [6.45, 7) is 5.63. The molecule has 1 heterocycles. The summed E-state index contributed by atoms with van der Waals surface area (Å²) in [4.78, 5) is 12.1. The molecule has 1 unspecified atom stereocenters. The van der Waals surface area contributed by atoms with Gasteiger partial charge in [-0.3, -0.25) is 4.79 Å². The lowest BCUT2D eigenvalue weighted by molar-refractivity contribution is -0.113. The molecular weight excluding hydrogens is 250 g/mol. The molecule has 2 rings (SSSR count). The van der Waals surface area contributed by atoms with Crippen molar-refractivity contribution in [3.05, 3.63) is 34.2 Å². The van der Waals surface area contributed by atoms with E-state index in [1.54, 1.807) is 6.07 Å². The molecule has 0 aromatic heterocycles. The van der Waals surface area contributed by atoms with Crippen LogP contribution in [-0.2, 0) is 20.3 Å². The molecule has 1 amide bonds. The van der Waals surface area contributed by atoms with Crippen LogP contribution in [0.1, 0.15) is 25.0 Å². The lowest BCUT2D eigenvalue weighted by Gasteiger charge is -2.12. The average Bonchev–Trinajstić information content (AvgIpc) is 2.51. The second-order valence-corrected chi connectivity index (χ2v) is 5.84. The fraction of sp³-hybridized carbons (Fsp3) is 0.308. The van der Waals surface area contributed by atoms with Crippen LogP contribution in [0.25, 0.3) is 5.76 Å². The molecule has 0 spiro atoms. The zero-order chi connectivity index (χ0) is 13.4. The Kier molecular flexibility index (Phi) is 3.26. The van der Waals surface area contributed by atoms with Gasteiger partial charge in [0.05, 0.1) is 21.8 Å². The molecule has 1 aliphatic heterocycles. The van der Waals surface area contributed by atoms with Crippen molar-refractivity contribution in [1.82, 2.24) is 0 Å². The minimum atomic E-state index is -1.54. The van der Waals surface area contributed by atoms with Gasteiger partial charge in [-0.15, -0.1) is 0 Å². The molecule has 0 saturated heterocycles. The van der Waals surface area contributed by atoms with Gasteiger partial charge >= 0.3 is 0 Å². The second kappa shape index (κ2) is 4.57. The van der Waals surface area contributed by atoms with Crippen molar-refractivity contribution in [2.45, 2.75) is 31.8 Å². The van der Waals surface area contributed by atoms with Crippen molar-refractivity contribution in [1.29, 1.82) is 0 Å². The summed E-state index contributed by atoms with van der Waals surface area (Å²) in [5, 5.41) is 0. The van der Waals surface area contributed by atoms with Crippen LogP contribution >= 0.6 is 0 Å². The Bertz CT molecular complexity index is 576. The van der Waals surface area contributed by atoms with E-state index in [0.29, 0.717) is 16.2 Å². The van der Waals surface area contributed by atoms with Gasteiger partial charge in [0, 0.05) is 5.56 Å². The van der Waals surface area contributed by atoms with Crippen LogP contribution in [0.2, 0.25) is 0 Å². The standard InChI is InChI=1S/C13H15NO3S/c1-7(2)17-11-9-6-8(3)4-5-10(9)18(16)12(11)13(14)15/h4-7H,1-3H3,(H2,14,15). The van der Waals surface area contributed by atoms with Gasteiger partial charge in [0.15, 0.2) is 4.91 Å². The highest BCUT2D eigenvalue weighted by atomic mass is 32.2. The Morgan fingerprint density at radius 1 is 1.39 bits per heavy atom. The van der Waals surface area contributed by atoms with Crippen LogP contribution < -0.4 is 5.73 Å². The van der Waals surface area contributed by atoms with Crippen molar-refractivity contribution in [3.63, 3.8) is 0 Å². The average molecular weight is 265 g/mol. The summed E-state index contributed by atoms with van der Waals surface area (Å²) in [5.41, 5.74) is 7.02. The molecule has 1 atom stereocenters. The third kappa shape index (κ3) is 2.06. The van der Waals surface area contributed by atoms with Gasteiger partial charge in [-0.05, 0) is 32.9 Å². The Hall–Kier alpha value is -1.62. The molecule has 0 bridgehead atoms. The highest BCUT2D eigenvalue weighted by Gasteiger charge is 2.34. The molecule has 0 saturated carbocycles. The summed E-state index contributed by atoms with van der Waals surface area (Å²) < 4.78 is 17.8. The van der Waals surface area contributed by atoms with Crippen molar-refractivity contribution in [3.8, 4) is 0 Å². The quantitative estimate of drug-likeness (QED) is 0.904. The van der Waals surface area contributed by atoms with E-state index in [4.69, 9.17) is 10.5 Å². The topological polar surface area (TPSA) is 69.4 Å². The zero-order valence-corrected chi connectivity index (χ0v) is 11.3. The number of nitrogens with two attached hydrogens (primary N) is 1. The van der Waals surface area contributed by atoms with Crippen LogP contribution in [0, 0.1) is 6.92 Å². The van der Waals surface area contributed by atoms with E-state index in [9.17, 15) is 9.00 Å². The van der Waals surface area contributed by atoms with Gasteiger partial charge in [0.25, 0.3) is 5.91 Å². The van der Waals surface area contributed by atoms with Crippen molar-refractivity contribution in [2.75, 3.05) is 0 Å². The number of aryl methyl sites for hydroxylation is 1. The fourth-order valence-corrected chi connectivity index (χ4v) is 3.13. The number of benzene rings is 1. The van der Waals surface area contributed by atoms with Crippen molar-refractivity contribution < 1.29 is 13.7 Å². The maximum absolute atomic E-state index is 12.2. The molecule has 1 aliphatic rings. The summed E-state index contributed by atoms with van der Waals surface area (Å²) in [7, 11) is -1.54. The molecule has 4 nitrogen and oxygen atoms in total. The predicted molar refractivity (Wildman–Crippen MR) is 69.9 cm³/mol. The van der Waals surface area contributed by atoms with Gasteiger partial charge < -0.3 is 10.5 Å². The first kappa shape index (κ1) is 12.8. The van der Waals surface area contributed by atoms with E-state index >= 15 is 0 Å². The molecule has 0 radical (unpaired) electrons. The van der Waals surface area contributed by atoms with Crippen LogP contribution in [0.3, 0.4) is 0 Å². The van der Waals surface area contributed by atoms with Crippen molar-refractivity contribution in [2.24, 2.45) is 5.73 Å². The smallest absolute Gasteiger partial charge is 0.261 e. The van der Waals surface area contributed by atoms with Gasteiger partial charge in [-0.25, -0.2) is 4.21 Å². The largest absolute Gasteiger partial charge is 0.489 e. The normalized spacial score (nSPS) is 18.1. The first-order chi connectivity index (χ1) is 8.41. The number of amides is 1. The maximum Gasteiger partial charge on any atom is 0.261 e. The molecular formula is C13H15NO3S. The highest BCUT2D eigenvalue weighted by Crippen LogP contribution is 2.38. The number of carbonyl (C=O) groups excluding carboxylic acids is 1. The molecule has 1 aromatic carbocycles. The number of hydrogen-bond acceptors (Lipinski definition) is 3. The van der Waals surface area contributed by atoms with Crippen LogP contribution in [0.15, 0.2) is 28.0 Å².